The molecule has 10 heteroatoms. The van der Waals surface area contributed by atoms with E-state index in [1.807, 2.05) is 19.1 Å². The SMILES string of the molecule is Cc1cc2cc(C(=O)N(Cc3ccc(C(F)(F)F)cn3)C3CCc4sc(Cl)cc43)ccc2nc1N. The number of carbonyl (C=O) groups is 1. The molecule has 2 N–H and O–H groups in total. The summed E-state index contributed by atoms with van der Waals surface area (Å²) in [6.45, 7) is 1.91. The van der Waals surface area contributed by atoms with Crippen LogP contribution < -0.4 is 5.73 Å². The maximum atomic E-state index is 13.8. The number of nitrogen functional groups attached to an aromatic ring is 1. The lowest BCUT2D eigenvalue weighted by Gasteiger charge is -2.29. The van der Waals surface area contributed by atoms with Crippen LogP contribution in [0, 0.1) is 6.92 Å². The van der Waals surface area contributed by atoms with Gasteiger partial charge in [-0.15, -0.1) is 11.3 Å². The highest BCUT2D eigenvalue weighted by atomic mass is 35.5. The molecule has 1 amide bonds. The number of amides is 1. The Labute approximate surface area is 208 Å². The van der Waals surface area contributed by atoms with Crippen LogP contribution in [0.2, 0.25) is 4.34 Å². The van der Waals surface area contributed by atoms with Gasteiger partial charge in [0.2, 0.25) is 0 Å². The van der Waals surface area contributed by atoms with E-state index in [9.17, 15) is 18.0 Å². The molecule has 1 atom stereocenters. The summed E-state index contributed by atoms with van der Waals surface area (Å²) in [6, 6.07) is 11.0. The number of nitrogens with two attached hydrogens (primary N) is 1. The molecule has 5 nitrogen and oxygen atoms in total. The van der Waals surface area contributed by atoms with Gasteiger partial charge in [-0.05, 0) is 73.4 Å². The van der Waals surface area contributed by atoms with Crippen molar-refractivity contribution in [3.8, 4) is 0 Å². The van der Waals surface area contributed by atoms with E-state index in [4.69, 9.17) is 17.3 Å². The van der Waals surface area contributed by atoms with Crippen molar-refractivity contribution in [1.82, 2.24) is 14.9 Å². The molecule has 0 saturated heterocycles. The van der Waals surface area contributed by atoms with Crippen molar-refractivity contribution in [1.29, 1.82) is 0 Å². The molecular formula is C25H20ClF3N4OS. The average Bonchev–Trinajstić information content (AvgIpc) is 3.36. The summed E-state index contributed by atoms with van der Waals surface area (Å²) < 4.78 is 39.6. The lowest BCUT2D eigenvalue weighted by molar-refractivity contribution is -0.137. The van der Waals surface area contributed by atoms with Crippen molar-refractivity contribution >= 4 is 45.6 Å². The molecule has 4 aromatic rings. The number of thiophene rings is 1. The Morgan fingerprint density at radius 2 is 2.03 bits per heavy atom. The number of halogens is 4. The Bertz CT molecular complexity index is 1440. The van der Waals surface area contributed by atoms with Gasteiger partial charge >= 0.3 is 6.18 Å². The number of hydrogen-bond acceptors (Lipinski definition) is 5. The summed E-state index contributed by atoms with van der Waals surface area (Å²) in [7, 11) is 0. The summed E-state index contributed by atoms with van der Waals surface area (Å²) in [5.41, 5.74) is 8.36. The van der Waals surface area contributed by atoms with Crippen molar-refractivity contribution in [3.63, 3.8) is 0 Å². The molecule has 0 bridgehead atoms. The number of fused-ring (bicyclic) bond motifs is 2. The van der Waals surface area contributed by atoms with E-state index in [0.29, 0.717) is 33.3 Å². The van der Waals surface area contributed by atoms with Gasteiger partial charge in [0, 0.05) is 22.0 Å². The highest BCUT2D eigenvalue weighted by Gasteiger charge is 2.34. The molecular weight excluding hydrogens is 497 g/mol. The van der Waals surface area contributed by atoms with Crippen LogP contribution in [0.5, 0.6) is 0 Å². The number of pyridine rings is 2. The molecule has 0 radical (unpaired) electrons. The van der Waals surface area contributed by atoms with E-state index in [0.717, 1.165) is 40.1 Å². The van der Waals surface area contributed by atoms with Crippen molar-refractivity contribution in [2.45, 2.75) is 38.5 Å². The van der Waals surface area contributed by atoms with Crippen molar-refractivity contribution < 1.29 is 18.0 Å². The molecule has 1 aromatic carbocycles. The minimum absolute atomic E-state index is 0.0611. The molecule has 0 saturated carbocycles. The second kappa shape index (κ2) is 8.80. The quantitative estimate of drug-likeness (QED) is 0.332. The van der Waals surface area contributed by atoms with E-state index in [-0.39, 0.29) is 18.5 Å². The molecule has 35 heavy (non-hydrogen) atoms. The number of aryl methyl sites for hydroxylation is 2. The molecule has 0 spiro atoms. The maximum Gasteiger partial charge on any atom is 0.417 e. The Morgan fingerprint density at radius 1 is 1.23 bits per heavy atom. The number of alkyl halides is 3. The summed E-state index contributed by atoms with van der Waals surface area (Å²) in [4.78, 5) is 25.0. The van der Waals surface area contributed by atoms with Gasteiger partial charge in [0.25, 0.3) is 5.91 Å². The summed E-state index contributed by atoms with van der Waals surface area (Å²) in [5.74, 6) is 0.183. The minimum atomic E-state index is -4.48. The van der Waals surface area contributed by atoms with Crippen molar-refractivity contribution in [2.24, 2.45) is 0 Å². The van der Waals surface area contributed by atoms with Gasteiger partial charge in [-0.2, -0.15) is 13.2 Å². The van der Waals surface area contributed by atoms with Gasteiger partial charge in [0.15, 0.2) is 0 Å². The van der Waals surface area contributed by atoms with E-state index < -0.39 is 11.7 Å². The van der Waals surface area contributed by atoms with Crippen LogP contribution in [-0.4, -0.2) is 20.8 Å². The van der Waals surface area contributed by atoms with Crippen LogP contribution in [0.25, 0.3) is 10.9 Å². The largest absolute Gasteiger partial charge is 0.417 e. The van der Waals surface area contributed by atoms with Crippen LogP contribution in [0.4, 0.5) is 19.0 Å². The fourth-order valence-electron chi connectivity index (χ4n) is 4.41. The van der Waals surface area contributed by atoms with Gasteiger partial charge < -0.3 is 10.6 Å². The van der Waals surface area contributed by atoms with Gasteiger partial charge in [-0.25, -0.2) is 4.98 Å². The first-order chi connectivity index (χ1) is 16.6. The molecule has 1 unspecified atom stereocenters. The third kappa shape index (κ3) is 4.58. The standard InChI is InChI=1S/C25H20ClF3N4OS/c1-13-8-15-9-14(2-5-19(15)32-23(13)30)24(34)33(20-6-7-21-18(20)10-22(26)35-21)12-17-4-3-16(11-31-17)25(27,28)29/h2-5,8-11,20H,6-7,12H2,1H3,(H2,30,32). The number of aromatic nitrogens is 2. The van der Waals surface area contributed by atoms with E-state index in [1.54, 1.807) is 23.1 Å². The number of anilines is 1. The molecule has 1 aliphatic rings. The number of benzene rings is 1. The maximum absolute atomic E-state index is 13.8. The van der Waals surface area contributed by atoms with E-state index in [2.05, 4.69) is 9.97 Å². The van der Waals surface area contributed by atoms with Crippen LogP contribution in [0.15, 0.2) is 48.7 Å². The second-order valence-electron chi connectivity index (χ2n) is 8.55. The predicted octanol–water partition coefficient (Wildman–Crippen LogP) is 6.58. The number of hydrogen-bond donors (Lipinski definition) is 1. The third-order valence-electron chi connectivity index (χ3n) is 6.23. The van der Waals surface area contributed by atoms with Crippen LogP contribution in [0.3, 0.4) is 0 Å². The Balaban J connectivity index is 1.52. The zero-order chi connectivity index (χ0) is 24.9. The van der Waals surface area contributed by atoms with Crippen LogP contribution in [0.1, 0.15) is 50.1 Å². The fraction of sp³-hybridized carbons (Fsp3) is 0.240. The average molecular weight is 517 g/mol. The molecule has 0 aliphatic heterocycles. The molecule has 180 valence electrons. The third-order valence-corrected chi connectivity index (χ3v) is 7.57. The smallest absolute Gasteiger partial charge is 0.383 e. The zero-order valence-corrected chi connectivity index (χ0v) is 20.1. The topological polar surface area (TPSA) is 72.1 Å². The number of carbonyl (C=O) groups excluding carboxylic acids is 1. The monoisotopic (exact) mass is 516 g/mol. The van der Waals surface area contributed by atoms with Gasteiger partial charge in [-0.1, -0.05) is 11.6 Å². The Morgan fingerprint density at radius 3 is 2.74 bits per heavy atom. The second-order valence-corrected chi connectivity index (χ2v) is 10.3. The van der Waals surface area contributed by atoms with Crippen molar-refractivity contribution in [3.05, 3.63) is 85.8 Å². The summed E-state index contributed by atoms with van der Waals surface area (Å²) >= 11 is 7.73. The molecule has 3 heterocycles. The van der Waals surface area contributed by atoms with Crippen molar-refractivity contribution in [2.75, 3.05) is 5.73 Å². The van der Waals surface area contributed by atoms with Gasteiger partial charge in [0.1, 0.15) is 5.82 Å². The van der Waals surface area contributed by atoms with Gasteiger partial charge in [-0.3, -0.25) is 9.78 Å². The lowest BCUT2D eigenvalue weighted by atomic mass is 10.0. The summed E-state index contributed by atoms with van der Waals surface area (Å²) in [5, 5.41) is 0.779. The molecule has 3 aromatic heterocycles. The van der Waals surface area contributed by atoms with Crippen LogP contribution in [-0.2, 0) is 19.1 Å². The molecule has 0 fully saturated rings. The van der Waals surface area contributed by atoms with E-state index >= 15 is 0 Å². The minimum Gasteiger partial charge on any atom is -0.383 e. The molecule has 5 rings (SSSR count). The first-order valence-corrected chi connectivity index (χ1v) is 12.1. The zero-order valence-electron chi connectivity index (χ0n) is 18.6. The highest BCUT2D eigenvalue weighted by molar-refractivity contribution is 7.16. The Kier molecular flexibility index (Phi) is 5.93. The normalized spacial score (nSPS) is 15.4. The predicted molar refractivity (Wildman–Crippen MR) is 130 cm³/mol. The number of rotatable bonds is 4. The highest BCUT2D eigenvalue weighted by Crippen LogP contribution is 2.43. The number of nitrogens with zero attached hydrogens (tertiary/aromatic N) is 3. The summed E-state index contributed by atoms with van der Waals surface area (Å²) in [6.07, 6.45) is -2.19. The molecule has 1 aliphatic carbocycles. The van der Waals surface area contributed by atoms with Crippen LogP contribution >= 0.6 is 22.9 Å². The first kappa shape index (κ1) is 23.6. The fourth-order valence-corrected chi connectivity index (χ4v) is 5.76. The lowest BCUT2D eigenvalue weighted by Crippen LogP contribution is -2.34. The Hall–Kier alpha value is -3.17. The van der Waals surface area contributed by atoms with E-state index in [1.165, 1.54) is 17.4 Å². The first-order valence-electron chi connectivity index (χ1n) is 10.9. The van der Waals surface area contributed by atoms with Gasteiger partial charge in [0.05, 0.1) is 33.7 Å².